The van der Waals surface area contributed by atoms with Gasteiger partial charge in [-0.2, -0.15) is 0 Å². The minimum atomic E-state index is -2.01. The Morgan fingerprint density at radius 1 is 0.909 bits per heavy atom. The lowest BCUT2D eigenvalue weighted by Gasteiger charge is -2.44. The first-order valence-electron chi connectivity index (χ1n) is 29.8. The number of ether oxygens (including phenoxy) is 3. The van der Waals surface area contributed by atoms with E-state index < -0.39 is 121 Å². The topological polar surface area (TPSA) is 376 Å². The second-order valence-corrected chi connectivity index (χ2v) is 24.4. The third-order valence-corrected chi connectivity index (χ3v) is 17.6. The molecule has 2 fully saturated rings. The molecule has 2 saturated heterocycles. The number of thiazole rings is 1. The van der Waals surface area contributed by atoms with E-state index in [1.807, 2.05) is 72.0 Å². The maximum Gasteiger partial charge on any atom is 0.335 e. The van der Waals surface area contributed by atoms with Crippen molar-refractivity contribution in [2.45, 2.75) is 166 Å². The highest BCUT2D eigenvalue weighted by atomic mass is 32.1. The van der Waals surface area contributed by atoms with Crippen LogP contribution in [0.1, 0.15) is 119 Å². The molecule has 6 rings (SSSR count). The first-order chi connectivity index (χ1) is 41.7. The van der Waals surface area contributed by atoms with E-state index in [0.29, 0.717) is 60.7 Å². The predicted octanol–water partition coefficient (Wildman–Crippen LogP) is 2.24. The molecule has 0 spiro atoms. The molecule has 1 unspecified atom stereocenters. The van der Waals surface area contributed by atoms with E-state index in [1.165, 1.54) is 17.4 Å². The Labute approximate surface area is 515 Å². The fraction of sp³-hybridized carbons (Fsp3) is 0.574. The molecule has 88 heavy (non-hydrogen) atoms. The van der Waals surface area contributed by atoms with Gasteiger partial charge in [-0.15, -0.1) is 11.3 Å². The summed E-state index contributed by atoms with van der Waals surface area (Å²) in [4.78, 5) is 126. The summed E-state index contributed by atoms with van der Waals surface area (Å²) in [6, 6.07) is 10.2. The smallest absolute Gasteiger partial charge is 0.335 e. The number of nitrogens with zero attached hydrogens (tertiary/aromatic N) is 4. The number of hydrogen-bond donors (Lipinski definition) is 10. The maximum atomic E-state index is 15.0. The van der Waals surface area contributed by atoms with Gasteiger partial charge in [0.2, 0.25) is 24.0 Å². The second-order valence-electron chi connectivity index (χ2n) is 23.5. The quantitative estimate of drug-likeness (QED) is 0.0326. The number of amides is 7. The van der Waals surface area contributed by atoms with Gasteiger partial charge in [0.05, 0.1) is 25.2 Å². The zero-order valence-corrected chi connectivity index (χ0v) is 51.9. The number of aliphatic hydroxyl groups excluding tert-OH is 3. The molecule has 3 aromatic rings. The first-order valence-corrected chi connectivity index (χ1v) is 30.7. The van der Waals surface area contributed by atoms with Gasteiger partial charge in [-0.25, -0.2) is 9.78 Å². The van der Waals surface area contributed by atoms with Crippen LogP contribution in [0.2, 0.25) is 0 Å². The number of hydrogen-bond acceptors (Lipinski definition) is 18. The molecule has 0 saturated carbocycles. The van der Waals surface area contributed by atoms with E-state index in [-0.39, 0.29) is 71.2 Å². The monoisotopic (exact) mass is 1250 g/mol. The van der Waals surface area contributed by atoms with Gasteiger partial charge in [-0.05, 0) is 68.2 Å². The normalized spacial score (nSPS) is 23.4. The van der Waals surface area contributed by atoms with Crippen molar-refractivity contribution >= 4 is 70.3 Å². The van der Waals surface area contributed by atoms with Crippen LogP contribution < -0.4 is 31.7 Å². The summed E-state index contributed by atoms with van der Waals surface area (Å²) in [5.74, 6) is -7.95. The summed E-state index contributed by atoms with van der Waals surface area (Å²) in [6.07, 6.45) is -5.44. The lowest BCUT2D eigenvalue weighted by Crippen LogP contribution is -2.63. The zero-order chi connectivity index (χ0) is 64.7. The zero-order valence-electron chi connectivity index (χ0n) is 51.0. The number of nitrogens with two attached hydrogens (primary N) is 1. The molecule has 1 aromatic heterocycles. The number of aliphatic hydroxyl groups is 3. The second kappa shape index (κ2) is 31.8. The van der Waals surface area contributed by atoms with Crippen molar-refractivity contribution in [2.24, 2.45) is 23.5 Å². The van der Waals surface area contributed by atoms with Crippen LogP contribution in [0.15, 0.2) is 66.1 Å². The summed E-state index contributed by atoms with van der Waals surface area (Å²) in [5.41, 5.74) is 7.39. The summed E-state index contributed by atoms with van der Waals surface area (Å²) in [7, 11) is 3.62. The van der Waals surface area contributed by atoms with Crippen molar-refractivity contribution in [3.8, 4) is 5.75 Å². The highest BCUT2D eigenvalue weighted by Crippen LogP contribution is 2.35. The number of aliphatic carboxylic acids is 2. The predicted molar refractivity (Wildman–Crippen MR) is 321 cm³/mol. The third-order valence-electron chi connectivity index (χ3n) is 16.7. The van der Waals surface area contributed by atoms with E-state index in [9.17, 15) is 68.7 Å². The molecule has 482 valence electrons. The van der Waals surface area contributed by atoms with Crippen LogP contribution in [-0.4, -0.2) is 199 Å². The van der Waals surface area contributed by atoms with Crippen molar-refractivity contribution in [1.29, 1.82) is 0 Å². The molecule has 0 bridgehead atoms. The average molecular weight is 1250 g/mol. The van der Waals surface area contributed by atoms with Crippen molar-refractivity contribution in [3.63, 3.8) is 0 Å². The van der Waals surface area contributed by atoms with Gasteiger partial charge >= 0.3 is 11.9 Å². The third kappa shape index (κ3) is 17.8. The molecule has 0 radical (unpaired) electrons. The van der Waals surface area contributed by atoms with Gasteiger partial charge in [0.15, 0.2) is 12.1 Å². The summed E-state index contributed by atoms with van der Waals surface area (Å²) >= 11 is 1.25. The maximum absolute atomic E-state index is 15.0. The summed E-state index contributed by atoms with van der Waals surface area (Å²) < 4.78 is 17.8. The number of carbonyl (C=O) groups is 9. The molecule has 3 aliphatic rings. The van der Waals surface area contributed by atoms with Crippen LogP contribution in [0, 0.1) is 17.8 Å². The number of anilines is 1. The minimum absolute atomic E-state index is 0.0224. The fourth-order valence-electron chi connectivity index (χ4n) is 11.4. The van der Waals surface area contributed by atoms with Crippen LogP contribution in [0.4, 0.5) is 5.69 Å². The Morgan fingerprint density at radius 2 is 1.60 bits per heavy atom. The number of piperidine rings is 1. The van der Waals surface area contributed by atoms with E-state index in [1.54, 1.807) is 36.4 Å². The highest BCUT2D eigenvalue weighted by Gasteiger charge is 2.49. The molecular formula is C61H86N9O17S+. The number of carbonyl (C=O) groups excluding carboxylic acids is 7. The molecular weight excluding hydrogens is 1160 g/mol. The molecule has 3 aliphatic heterocycles. The van der Waals surface area contributed by atoms with Gasteiger partial charge in [-0.1, -0.05) is 71.4 Å². The molecule has 11 N–H and O–H groups in total. The lowest BCUT2D eigenvalue weighted by atomic mass is 9.92. The van der Waals surface area contributed by atoms with E-state index in [4.69, 9.17) is 24.9 Å². The van der Waals surface area contributed by atoms with E-state index >= 15 is 0 Å². The molecule has 26 nitrogen and oxygen atoms in total. The van der Waals surface area contributed by atoms with Crippen LogP contribution in [0.3, 0.4) is 0 Å². The van der Waals surface area contributed by atoms with Gasteiger partial charge in [0.25, 0.3) is 23.6 Å². The largest absolute Gasteiger partial charge is 0.481 e. The van der Waals surface area contributed by atoms with Crippen molar-refractivity contribution < 1.29 is 87.4 Å². The number of rotatable bonds is 31. The van der Waals surface area contributed by atoms with Gasteiger partial charge in [0.1, 0.15) is 59.5 Å². The Balaban J connectivity index is 1.19. The Morgan fingerprint density at radius 3 is 2.23 bits per heavy atom. The Bertz CT molecular complexity index is 2970. The SMILES string of the molecule is CCO[C@H](C[C@H](C(C)C)N(C)C(=O)[C@@H](NC(=O)[C@H]1CCCC[N+]1(C)Cc1ccc(O[C@@H]2O[C@H](C(=O)O)[C@@H](O)[C@H](O)[C@H]2O)c(NC(=O)CCNC(=O)[C@H](CN)N2C(=O)C=CC2=O)c1)[C@@H](C)CC)c1nc(C(=O)N[C@@H](Cc2ccccc2)C[C@H](C)C(=O)O)cs1. The number of benzene rings is 2. The van der Waals surface area contributed by atoms with E-state index in [0.717, 1.165) is 24.1 Å². The summed E-state index contributed by atoms with van der Waals surface area (Å²) in [6.45, 7) is 11.6. The van der Waals surface area contributed by atoms with E-state index in [2.05, 4.69) is 21.3 Å². The number of carboxylic acids is 2. The minimum Gasteiger partial charge on any atom is -0.481 e. The Hall–Kier alpha value is -7.24. The number of likely N-dealkylation sites (tertiary alicyclic amines) is 1. The number of quaternary nitrogens is 1. The molecule has 7 amide bonds. The van der Waals surface area contributed by atoms with Crippen molar-refractivity contribution in [3.05, 3.63) is 87.9 Å². The van der Waals surface area contributed by atoms with Crippen LogP contribution in [-0.2, 0) is 60.8 Å². The number of aromatic nitrogens is 1. The lowest BCUT2D eigenvalue weighted by molar-refractivity contribution is -0.942. The highest BCUT2D eigenvalue weighted by molar-refractivity contribution is 7.09. The standard InChI is InChI=1S/C61H85N9O17S/c1-9-34(5)49(58(80)68(7)41(33(3)4)29-45(85-10-2)57-66-40(32-88-57)54(77)64-38(26-35(6)59(81)82)27-36-16-12-11-13-17-36)67-56(79)43-18-14-15-25-70(43,8)31-37-19-20-44(86-61-52(76)50(74)51(75)53(87-61)60(83)84)39(28-37)65-46(71)23-24-63-55(78)42(30-62)69-47(72)21-22-48(69)73/h11-13,16-17,19-22,28,32-35,38,41-43,45,49-53,61,74-76H,9-10,14-15,18,23-27,29-31,62H2,1-8H3,(H5-,63,64,65,67,71,77,78,79,81,82,83,84)/p+1/t34-,35-,38+,41+,42-,43+,45+,49-,50-,51-,52+,53-,61+,70?/m0/s1. The van der Waals surface area contributed by atoms with Crippen molar-refractivity contribution in [2.75, 3.05) is 45.7 Å². The van der Waals surface area contributed by atoms with Gasteiger partial charge in [-0.3, -0.25) is 43.3 Å². The molecule has 2 aromatic carbocycles. The molecule has 4 heterocycles. The number of likely N-dealkylation sites (N-methyl/N-ethyl adjacent to an activating group) is 2. The van der Waals surface area contributed by atoms with Crippen LogP contribution in [0.25, 0.3) is 0 Å². The summed E-state index contributed by atoms with van der Waals surface area (Å²) in [5, 5.41) is 64.7. The van der Waals surface area contributed by atoms with Crippen LogP contribution in [0.5, 0.6) is 5.75 Å². The first kappa shape index (κ1) is 69.9. The number of imide groups is 1. The number of nitrogens with one attached hydrogen (secondary N) is 4. The molecule has 0 aliphatic carbocycles. The fourth-order valence-corrected chi connectivity index (χ4v) is 12.3. The molecule has 14 atom stereocenters. The van der Waals surface area contributed by atoms with Gasteiger partial charge in [0, 0.05) is 81.2 Å². The molecule has 27 heteroatoms. The van der Waals surface area contributed by atoms with Crippen LogP contribution >= 0.6 is 11.3 Å². The van der Waals surface area contributed by atoms with Gasteiger partial charge < -0.3 is 76.1 Å². The Kier molecular flexibility index (Phi) is 25.2. The average Bonchev–Trinajstić information content (AvgIpc) is 1.33. The van der Waals surface area contributed by atoms with Crippen molar-refractivity contribution in [1.82, 2.24) is 30.7 Å². The number of carboxylic acid groups (broad SMARTS) is 2.